The van der Waals surface area contributed by atoms with E-state index in [4.69, 9.17) is 5.73 Å². The molecule has 3 rings (SSSR count). The molecule has 0 unspecified atom stereocenters. The van der Waals surface area contributed by atoms with Gasteiger partial charge in [-0.3, -0.25) is 4.79 Å². The predicted molar refractivity (Wildman–Crippen MR) is 74.0 cm³/mol. The smallest absolute Gasteiger partial charge is 0.270 e. The van der Waals surface area contributed by atoms with Crippen LogP contribution in [0.2, 0.25) is 0 Å². The molecule has 0 saturated heterocycles. The first-order valence-electron chi connectivity index (χ1n) is 6.23. The SMILES string of the molecule is Cl.NCc1nc(C(=O)NC(C2CC2)C2CC2)cs1. The third-order valence-corrected chi connectivity index (χ3v) is 4.39. The molecular weight excluding hydrogens is 270 g/mol. The third-order valence-electron chi connectivity index (χ3n) is 3.52. The van der Waals surface area contributed by atoms with Gasteiger partial charge in [-0.05, 0) is 37.5 Å². The van der Waals surface area contributed by atoms with E-state index in [1.54, 1.807) is 5.38 Å². The molecule has 4 nitrogen and oxygen atoms in total. The largest absolute Gasteiger partial charge is 0.347 e. The van der Waals surface area contributed by atoms with Crippen LogP contribution >= 0.6 is 23.7 Å². The van der Waals surface area contributed by atoms with Crippen LogP contribution in [0.25, 0.3) is 0 Å². The Hall–Kier alpha value is -0.650. The Morgan fingerprint density at radius 3 is 2.50 bits per heavy atom. The van der Waals surface area contributed by atoms with E-state index in [0.29, 0.717) is 18.3 Å². The lowest BCUT2D eigenvalue weighted by Crippen LogP contribution is -2.38. The summed E-state index contributed by atoms with van der Waals surface area (Å²) in [5.74, 6) is 1.42. The summed E-state index contributed by atoms with van der Waals surface area (Å²) >= 11 is 1.46. The van der Waals surface area contributed by atoms with Gasteiger partial charge in [0.05, 0.1) is 0 Å². The zero-order valence-corrected chi connectivity index (χ0v) is 11.7. The minimum absolute atomic E-state index is 0. The maximum Gasteiger partial charge on any atom is 0.270 e. The van der Waals surface area contributed by atoms with E-state index >= 15 is 0 Å². The van der Waals surface area contributed by atoms with Crippen LogP contribution in [0.15, 0.2) is 5.38 Å². The third kappa shape index (κ3) is 3.02. The first-order chi connectivity index (χ1) is 8.28. The first kappa shape index (κ1) is 13.8. The van der Waals surface area contributed by atoms with Gasteiger partial charge in [0.25, 0.3) is 5.91 Å². The molecule has 1 aromatic rings. The van der Waals surface area contributed by atoms with Crippen LogP contribution in [0.5, 0.6) is 0 Å². The molecule has 0 atom stereocenters. The van der Waals surface area contributed by atoms with Gasteiger partial charge in [0.2, 0.25) is 0 Å². The van der Waals surface area contributed by atoms with Crippen LogP contribution in [-0.4, -0.2) is 16.9 Å². The summed E-state index contributed by atoms with van der Waals surface area (Å²) in [4.78, 5) is 16.3. The van der Waals surface area contributed by atoms with Crippen LogP contribution < -0.4 is 11.1 Å². The molecule has 2 fully saturated rings. The highest BCUT2D eigenvalue weighted by molar-refractivity contribution is 7.09. The molecule has 6 heteroatoms. The molecule has 0 bridgehead atoms. The number of nitrogens with zero attached hydrogens (tertiary/aromatic N) is 1. The average molecular weight is 288 g/mol. The molecule has 0 spiro atoms. The molecule has 2 aliphatic carbocycles. The summed E-state index contributed by atoms with van der Waals surface area (Å²) in [6.07, 6.45) is 5.08. The Labute approximate surface area is 117 Å². The van der Waals surface area contributed by atoms with Gasteiger partial charge in [0.1, 0.15) is 10.7 Å². The second kappa shape index (κ2) is 5.55. The van der Waals surface area contributed by atoms with Crippen LogP contribution in [-0.2, 0) is 6.54 Å². The zero-order valence-electron chi connectivity index (χ0n) is 10.1. The van der Waals surface area contributed by atoms with Gasteiger partial charge in [-0.2, -0.15) is 0 Å². The number of nitrogens with two attached hydrogens (primary N) is 1. The lowest BCUT2D eigenvalue weighted by molar-refractivity contribution is 0.0922. The van der Waals surface area contributed by atoms with Gasteiger partial charge < -0.3 is 11.1 Å². The van der Waals surface area contributed by atoms with Gasteiger partial charge >= 0.3 is 0 Å². The maximum absolute atomic E-state index is 12.0. The number of hydrogen-bond donors (Lipinski definition) is 2. The summed E-state index contributed by atoms with van der Waals surface area (Å²) in [6, 6.07) is 0.394. The summed E-state index contributed by atoms with van der Waals surface area (Å²) < 4.78 is 0. The summed E-state index contributed by atoms with van der Waals surface area (Å²) in [5, 5.41) is 5.78. The minimum atomic E-state index is -0.0234. The molecule has 0 aromatic carbocycles. The average Bonchev–Trinajstić information content (AvgIpc) is 3.24. The van der Waals surface area contributed by atoms with E-state index in [9.17, 15) is 4.79 Å². The van der Waals surface area contributed by atoms with Crippen LogP contribution in [0.3, 0.4) is 0 Å². The molecule has 1 aromatic heterocycles. The topological polar surface area (TPSA) is 68.0 Å². The van der Waals surface area contributed by atoms with Gasteiger partial charge in [-0.25, -0.2) is 4.98 Å². The normalized spacial score (nSPS) is 18.6. The van der Waals surface area contributed by atoms with Gasteiger partial charge in [-0.1, -0.05) is 0 Å². The standard InChI is InChI=1S/C12H17N3OS.ClH/c13-5-10-14-9(6-17-10)12(16)15-11(7-1-2-7)8-3-4-8;/h6-8,11H,1-5,13H2,(H,15,16);1H. The number of halogens is 1. The number of aromatic nitrogens is 1. The van der Waals surface area contributed by atoms with Crippen LogP contribution in [0, 0.1) is 11.8 Å². The van der Waals surface area contributed by atoms with Crippen molar-refractivity contribution in [3.8, 4) is 0 Å². The number of carbonyl (C=O) groups is 1. The number of thiazole rings is 1. The predicted octanol–water partition coefficient (Wildman–Crippen LogP) is 1.94. The highest BCUT2D eigenvalue weighted by Gasteiger charge is 2.42. The van der Waals surface area contributed by atoms with E-state index in [1.807, 2.05) is 0 Å². The number of rotatable bonds is 5. The van der Waals surface area contributed by atoms with E-state index in [2.05, 4.69) is 10.3 Å². The fourth-order valence-electron chi connectivity index (χ4n) is 2.27. The van der Waals surface area contributed by atoms with Crippen molar-refractivity contribution in [2.75, 3.05) is 0 Å². The molecule has 3 N–H and O–H groups in total. The molecule has 0 aliphatic heterocycles. The summed E-state index contributed by atoms with van der Waals surface area (Å²) in [6.45, 7) is 0.409. The number of amides is 1. The van der Waals surface area contributed by atoms with Crippen molar-refractivity contribution in [1.29, 1.82) is 0 Å². The Bertz CT molecular complexity index is 417. The zero-order chi connectivity index (χ0) is 11.8. The number of nitrogens with one attached hydrogen (secondary N) is 1. The fraction of sp³-hybridized carbons (Fsp3) is 0.667. The monoisotopic (exact) mass is 287 g/mol. The van der Waals surface area contributed by atoms with Crippen molar-refractivity contribution in [2.45, 2.75) is 38.3 Å². The maximum atomic E-state index is 12.0. The summed E-state index contributed by atoms with van der Waals surface area (Å²) in [5.41, 5.74) is 6.03. The second-order valence-corrected chi connectivity index (χ2v) is 5.95. The second-order valence-electron chi connectivity index (χ2n) is 5.00. The minimum Gasteiger partial charge on any atom is -0.347 e. The molecular formula is C12H18ClN3OS. The molecule has 2 aliphatic rings. The van der Waals surface area contributed by atoms with Gasteiger partial charge in [-0.15, -0.1) is 23.7 Å². The highest BCUT2D eigenvalue weighted by Crippen LogP contribution is 2.44. The molecule has 100 valence electrons. The lowest BCUT2D eigenvalue weighted by Gasteiger charge is -2.16. The van der Waals surface area contributed by atoms with E-state index in [1.165, 1.54) is 37.0 Å². The Kier molecular flexibility index (Phi) is 4.25. The first-order valence-corrected chi connectivity index (χ1v) is 7.11. The van der Waals surface area contributed by atoms with E-state index < -0.39 is 0 Å². The van der Waals surface area contributed by atoms with Crippen molar-refractivity contribution < 1.29 is 4.79 Å². The molecule has 1 amide bonds. The Morgan fingerprint density at radius 1 is 1.44 bits per heavy atom. The van der Waals surface area contributed by atoms with Crippen LogP contribution in [0.1, 0.15) is 41.2 Å². The molecule has 0 radical (unpaired) electrons. The van der Waals surface area contributed by atoms with Crippen molar-refractivity contribution in [1.82, 2.24) is 10.3 Å². The number of hydrogen-bond acceptors (Lipinski definition) is 4. The van der Waals surface area contributed by atoms with Crippen molar-refractivity contribution in [3.05, 3.63) is 16.1 Å². The Balaban J connectivity index is 0.00000120. The number of carbonyl (C=O) groups excluding carboxylic acids is 1. The lowest BCUT2D eigenvalue weighted by atomic mass is 10.1. The molecule has 2 saturated carbocycles. The van der Waals surface area contributed by atoms with E-state index in [-0.39, 0.29) is 18.3 Å². The van der Waals surface area contributed by atoms with Crippen molar-refractivity contribution >= 4 is 29.7 Å². The van der Waals surface area contributed by atoms with Crippen molar-refractivity contribution in [3.63, 3.8) is 0 Å². The highest BCUT2D eigenvalue weighted by atomic mass is 35.5. The van der Waals surface area contributed by atoms with Crippen molar-refractivity contribution in [2.24, 2.45) is 17.6 Å². The van der Waals surface area contributed by atoms with E-state index in [0.717, 1.165) is 16.8 Å². The quantitative estimate of drug-likeness (QED) is 0.870. The molecule has 18 heavy (non-hydrogen) atoms. The Morgan fingerprint density at radius 2 is 2.06 bits per heavy atom. The summed E-state index contributed by atoms with van der Waals surface area (Å²) in [7, 11) is 0. The fourth-order valence-corrected chi connectivity index (χ4v) is 2.92. The van der Waals surface area contributed by atoms with Gasteiger partial charge in [0, 0.05) is 18.0 Å². The van der Waals surface area contributed by atoms with Gasteiger partial charge in [0.15, 0.2) is 0 Å². The van der Waals surface area contributed by atoms with Crippen LogP contribution in [0.4, 0.5) is 0 Å². The molecule has 1 heterocycles.